The Bertz CT molecular complexity index is 607. The highest BCUT2D eigenvalue weighted by Gasteiger charge is 2.22. The zero-order valence-corrected chi connectivity index (χ0v) is 11.8. The second-order valence-corrected chi connectivity index (χ2v) is 4.73. The fourth-order valence-electron chi connectivity index (χ4n) is 2.09. The minimum absolute atomic E-state index is 0.00208. The summed E-state index contributed by atoms with van der Waals surface area (Å²) in [6.07, 6.45) is 0.761. The van der Waals surface area contributed by atoms with Crippen LogP contribution in [-0.4, -0.2) is 37.6 Å². The standard InChI is InChI=1S/C12H17N5O4/c1-8-12(17(19)20)9(2)16(14-8)7-11(18)6-13-5-10-3-4-21-15-10/h3-4,11,13,18H,5-7H2,1-2H3. The molecule has 2 N–H and O–H groups in total. The van der Waals surface area contributed by atoms with Gasteiger partial charge in [-0.15, -0.1) is 0 Å². The van der Waals surface area contributed by atoms with Gasteiger partial charge >= 0.3 is 5.69 Å². The number of aliphatic hydroxyl groups excluding tert-OH is 1. The van der Waals surface area contributed by atoms with Crippen LogP contribution in [0.2, 0.25) is 0 Å². The van der Waals surface area contributed by atoms with Crippen LogP contribution in [0.4, 0.5) is 5.69 Å². The van der Waals surface area contributed by atoms with Crippen molar-refractivity contribution in [2.75, 3.05) is 6.54 Å². The van der Waals surface area contributed by atoms with E-state index in [9.17, 15) is 15.2 Å². The average molecular weight is 295 g/mol. The first-order valence-corrected chi connectivity index (χ1v) is 6.45. The van der Waals surface area contributed by atoms with Crippen LogP contribution < -0.4 is 5.32 Å². The smallest absolute Gasteiger partial charge is 0.312 e. The van der Waals surface area contributed by atoms with E-state index in [2.05, 4.69) is 15.6 Å². The van der Waals surface area contributed by atoms with Crippen LogP contribution >= 0.6 is 0 Å². The van der Waals surface area contributed by atoms with Crippen molar-refractivity contribution in [2.45, 2.75) is 33.0 Å². The summed E-state index contributed by atoms with van der Waals surface area (Å²) in [5.41, 5.74) is 1.52. The average Bonchev–Trinajstić information content (AvgIpc) is 2.99. The summed E-state index contributed by atoms with van der Waals surface area (Å²) < 4.78 is 6.15. The first-order valence-electron chi connectivity index (χ1n) is 6.45. The minimum Gasteiger partial charge on any atom is -0.390 e. The summed E-state index contributed by atoms with van der Waals surface area (Å²) in [7, 11) is 0. The van der Waals surface area contributed by atoms with E-state index in [4.69, 9.17) is 4.52 Å². The monoisotopic (exact) mass is 295 g/mol. The molecular weight excluding hydrogens is 278 g/mol. The summed E-state index contributed by atoms with van der Waals surface area (Å²) in [5.74, 6) is 0. The summed E-state index contributed by atoms with van der Waals surface area (Å²) >= 11 is 0. The Balaban J connectivity index is 1.89. The largest absolute Gasteiger partial charge is 0.390 e. The van der Waals surface area contributed by atoms with Crippen molar-refractivity contribution >= 4 is 5.69 Å². The Hall–Kier alpha value is -2.26. The zero-order valence-electron chi connectivity index (χ0n) is 11.8. The van der Waals surface area contributed by atoms with E-state index in [-0.39, 0.29) is 12.2 Å². The Morgan fingerprint density at radius 2 is 2.33 bits per heavy atom. The van der Waals surface area contributed by atoms with Gasteiger partial charge in [0.25, 0.3) is 0 Å². The number of hydrogen-bond donors (Lipinski definition) is 2. The van der Waals surface area contributed by atoms with Crippen LogP contribution in [0, 0.1) is 24.0 Å². The third-order valence-electron chi connectivity index (χ3n) is 3.09. The van der Waals surface area contributed by atoms with E-state index in [1.165, 1.54) is 10.9 Å². The molecular formula is C12H17N5O4. The molecule has 0 saturated heterocycles. The molecule has 2 rings (SSSR count). The summed E-state index contributed by atoms with van der Waals surface area (Å²) in [4.78, 5) is 10.5. The second-order valence-electron chi connectivity index (χ2n) is 4.73. The first kappa shape index (κ1) is 15.1. The maximum absolute atomic E-state index is 10.9. The molecule has 9 nitrogen and oxygen atoms in total. The van der Waals surface area contributed by atoms with Crippen molar-refractivity contribution < 1.29 is 14.6 Å². The molecule has 21 heavy (non-hydrogen) atoms. The third kappa shape index (κ3) is 3.64. The molecule has 0 aliphatic rings. The van der Waals surface area contributed by atoms with Gasteiger partial charge < -0.3 is 14.9 Å². The maximum atomic E-state index is 10.9. The van der Waals surface area contributed by atoms with Gasteiger partial charge in [0.2, 0.25) is 0 Å². The van der Waals surface area contributed by atoms with E-state index in [1.807, 2.05) is 0 Å². The van der Waals surface area contributed by atoms with Gasteiger partial charge in [0.1, 0.15) is 17.7 Å². The SMILES string of the molecule is Cc1nn(CC(O)CNCc2ccon2)c(C)c1[N+](=O)[O-]. The van der Waals surface area contributed by atoms with E-state index in [0.717, 1.165) is 5.69 Å². The highest BCUT2D eigenvalue weighted by Crippen LogP contribution is 2.21. The van der Waals surface area contributed by atoms with Gasteiger partial charge in [-0.05, 0) is 13.8 Å². The van der Waals surface area contributed by atoms with Gasteiger partial charge in [-0.25, -0.2) is 0 Å². The molecule has 0 aliphatic carbocycles. The van der Waals surface area contributed by atoms with Crippen LogP contribution in [0.5, 0.6) is 0 Å². The molecule has 0 radical (unpaired) electrons. The number of nitrogens with one attached hydrogen (secondary N) is 1. The third-order valence-corrected chi connectivity index (χ3v) is 3.09. The predicted molar refractivity (Wildman–Crippen MR) is 72.6 cm³/mol. The van der Waals surface area contributed by atoms with Gasteiger partial charge in [0, 0.05) is 19.2 Å². The van der Waals surface area contributed by atoms with Crippen LogP contribution in [0.15, 0.2) is 16.9 Å². The van der Waals surface area contributed by atoms with Crippen molar-refractivity contribution in [3.05, 3.63) is 39.5 Å². The Morgan fingerprint density at radius 3 is 2.90 bits per heavy atom. The number of rotatable bonds is 7. The van der Waals surface area contributed by atoms with E-state index in [0.29, 0.717) is 24.5 Å². The molecule has 0 aliphatic heterocycles. The molecule has 0 saturated carbocycles. The van der Waals surface area contributed by atoms with Crippen molar-refractivity contribution in [2.24, 2.45) is 0 Å². The molecule has 9 heteroatoms. The Kier molecular flexibility index (Phi) is 4.66. The number of aromatic nitrogens is 3. The summed E-state index contributed by atoms with van der Waals surface area (Å²) in [5, 5.41) is 31.7. The molecule has 2 heterocycles. The quantitative estimate of drug-likeness (QED) is 0.565. The van der Waals surface area contributed by atoms with Gasteiger partial charge in [-0.1, -0.05) is 5.16 Å². The maximum Gasteiger partial charge on any atom is 0.312 e. The van der Waals surface area contributed by atoms with E-state index < -0.39 is 11.0 Å². The molecule has 0 fully saturated rings. The van der Waals surface area contributed by atoms with Crippen LogP contribution in [-0.2, 0) is 13.1 Å². The number of hydrogen-bond acceptors (Lipinski definition) is 7. The van der Waals surface area contributed by atoms with E-state index in [1.54, 1.807) is 19.9 Å². The minimum atomic E-state index is -0.713. The summed E-state index contributed by atoms with van der Waals surface area (Å²) in [6.45, 7) is 4.18. The lowest BCUT2D eigenvalue weighted by atomic mass is 10.3. The topological polar surface area (TPSA) is 119 Å². The highest BCUT2D eigenvalue weighted by atomic mass is 16.6. The molecule has 114 valence electrons. The van der Waals surface area contributed by atoms with Crippen molar-refractivity contribution in [1.29, 1.82) is 0 Å². The van der Waals surface area contributed by atoms with Crippen molar-refractivity contribution in [3.63, 3.8) is 0 Å². The van der Waals surface area contributed by atoms with Gasteiger partial charge in [-0.3, -0.25) is 14.8 Å². The number of nitro groups is 1. The van der Waals surface area contributed by atoms with Crippen molar-refractivity contribution in [3.8, 4) is 0 Å². The molecule has 0 spiro atoms. The Labute approximate surface area is 120 Å². The molecule has 0 amide bonds. The number of aryl methyl sites for hydroxylation is 1. The lowest BCUT2D eigenvalue weighted by Gasteiger charge is -2.12. The van der Waals surface area contributed by atoms with Crippen LogP contribution in [0.25, 0.3) is 0 Å². The van der Waals surface area contributed by atoms with Crippen LogP contribution in [0.3, 0.4) is 0 Å². The number of nitrogens with zero attached hydrogens (tertiary/aromatic N) is 4. The molecule has 1 atom stereocenters. The highest BCUT2D eigenvalue weighted by molar-refractivity contribution is 5.39. The molecule has 0 aromatic carbocycles. The van der Waals surface area contributed by atoms with Gasteiger partial charge in [-0.2, -0.15) is 5.10 Å². The molecule has 0 bridgehead atoms. The lowest BCUT2D eigenvalue weighted by Crippen LogP contribution is -2.30. The fraction of sp³-hybridized carbons (Fsp3) is 0.500. The van der Waals surface area contributed by atoms with Crippen LogP contribution in [0.1, 0.15) is 17.1 Å². The van der Waals surface area contributed by atoms with E-state index >= 15 is 0 Å². The summed E-state index contributed by atoms with van der Waals surface area (Å²) in [6, 6.07) is 1.73. The normalized spacial score (nSPS) is 12.5. The Morgan fingerprint density at radius 1 is 1.57 bits per heavy atom. The number of aliphatic hydroxyl groups is 1. The molecule has 1 unspecified atom stereocenters. The zero-order chi connectivity index (χ0) is 15.4. The fourth-order valence-corrected chi connectivity index (χ4v) is 2.09. The predicted octanol–water partition coefficient (Wildman–Crippen LogP) is 0.547. The van der Waals surface area contributed by atoms with Gasteiger partial charge in [0.05, 0.1) is 23.3 Å². The molecule has 2 aromatic rings. The molecule has 2 aromatic heterocycles. The second kappa shape index (κ2) is 6.46. The lowest BCUT2D eigenvalue weighted by molar-refractivity contribution is -0.386. The van der Waals surface area contributed by atoms with Crippen molar-refractivity contribution in [1.82, 2.24) is 20.3 Å². The van der Waals surface area contributed by atoms with Gasteiger partial charge in [0.15, 0.2) is 0 Å². The first-order chi connectivity index (χ1) is 9.99.